The van der Waals surface area contributed by atoms with Crippen molar-refractivity contribution in [1.29, 1.82) is 0 Å². The molecule has 0 saturated heterocycles. The van der Waals surface area contributed by atoms with E-state index in [9.17, 15) is 4.79 Å². The lowest BCUT2D eigenvalue weighted by atomic mass is 9.98. The SMILES string of the molecule is CCCCc1ccc(-c2ccccc2C=O)cc1. The highest BCUT2D eigenvalue weighted by atomic mass is 16.1. The maximum absolute atomic E-state index is 11.0. The summed E-state index contributed by atoms with van der Waals surface area (Å²) in [5, 5.41) is 0. The van der Waals surface area contributed by atoms with Crippen molar-refractivity contribution in [1.82, 2.24) is 0 Å². The van der Waals surface area contributed by atoms with E-state index in [1.165, 1.54) is 18.4 Å². The molecule has 0 spiro atoms. The van der Waals surface area contributed by atoms with Crippen molar-refractivity contribution < 1.29 is 4.79 Å². The lowest BCUT2D eigenvalue weighted by Crippen LogP contribution is -1.88. The van der Waals surface area contributed by atoms with Gasteiger partial charge in [0.2, 0.25) is 0 Å². The van der Waals surface area contributed by atoms with Crippen LogP contribution in [-0.2, 0) is 6.42 Å². The summed E-state index contributed by atoms with van der Waals surface area (Å²) in [5.41, 5.74) is 4.23. The molecule has 0 fully saturated rings. The molecule has 0 aliphatic heterocycles. The number of carbonyl (C=O) groups is 1. The lowest BCUT2D eigenvalue weighted by Gasteiger charge is -2.06. The predicted molar refractivity (Wildman–Crippen MR) is 75.9 cm³/mol. The molecule has 92 valence electrons. The van der Waals surface area contributed by atoms with Crippen LogP contribution in [0.15, 0.2) is 48.5 Å². The largest absolute Gasteiger partial charge is 0.298 e. The minimum atomic E-state index is 0.749. The van der Waals surface area contributed by atoms with E-state index < -0.39 is 0 Å². The van der Waals surface area contributed by atoms with Crippen LogP contribution >= 0.6 is 0 Å². The van der Waals surface area contributed by atoms with Crippen LogP contribution in [-0.4, -0.2) is 6.29 Å². The van der Waals surface area contributed by atoms with Crippen molar-refractivity contribution in [3.8, 4) is 11.1 Å². The number of hydrogen-bond donors (Lipinski definition) is 0. The molecule has 0 bridgehead atoms. The molecule has 1 heteroatoms. The Hall–Kier alpha value is -1.89. The normalized spacial score (nSPS) is 10.3. The van der Waals surface area contributed by atoms with Gasteiger partial charge in [0, 0.05) is 5.56 Å². The summed E-state index contributed by atoms with van der Waals surface area (Å²) >= 11 is 0. The molecule has 0 saturated carbocycles. The summed E-state index contributed by atoms with van der Waals surface area (Å²) in [6.45, 7) is 2.20. The van der Waals surface area contributed by atoms with Gasteiger partial charge < -0.3 is 0 Å². The van der Waals surface area contributed by atoms with Gasteiger partial charge in [-0.3, -0.25) is 4.79 Å². The molecular weight excluding hydrogens is 220 g/mol. The summed E-state index contributed by atoms with van der Waals surface area (Å²) < 4.78 is 0. The highest BCUT2D eigenvalue weighted by Gasteiger charge is 2.03. The molecule has 0 aromatic heterocycles. The molecule has 0 amide bonds. The Kier molecular flexibility index (Phi) is 4.30. The van der Waals surface area contributed by atoms with Gasteiger partial charge in [-0.25, -0.2) is 0 Å². The van der Waals surface area contributed by atoms with E-state index in [0.717, 1.165) is 29.4 Å². The zero-order valence-corrected chi connectivity index (χ0v) is 10.7. The number of aryl methyl sites for hydroxylation is 1. The molecule has 2 rings (SSSR count). The fraction of sp³-hybridized carbons (Fsp3) is 0.235. The predicted octanol–water partition coefficient (Wildman–Crippen LogP) is 4.51. The zero-order chi connectivity index (χ0) is 12.8. The van der Waals surface area contributed by atoms with Crippen molar-refractivity contribution >= 4 is 6.29 Å². The van der Waals surface area contributed by atoms with Crippen molar-refractivity contribution in [2.75, 3.05) is 0 Å². The first-order valence-corrected chi connectivity index (χ1v) is 6.48. The Morgan fingerprint density at radius 2 is 1.72 bits per heavy atom. The molecule has 0 aliphatic carbocycles. The van der Waals surface area contributed by atoms with E-state index in [-0.39, 0.29) is 0 Å². The monoisotopic (exact) mass is 238 g/mol. The maximum atomic E-state index is 11.0. The Bertz CT molecular complexity index is 511. The van der Waals surface area contributed by atoms with Gasteiger partial charge in [0.1, 0.15) is 0 Å². The van der Waals surface area contributed by atoms with Crippen LogP contribution < -0.4 is 0 Å². The smallest absolute Gasteiger partial charge is 0.150 e. The molecule has 18 heavy (non-hydrogen) atoms. The Balaban J connectivity index is 2.26. The zero-order valence-electron chi connectivity index (χ0n) is 10.7. The summed E-state index contributed by atoms with van der Waals surface area (Å²) in [7, 11) is 0. The van der Waals surface area contributed by atoms with E-state index in [4.69, 9.17) is 0 Å². The number of aldehydes is 1. The quantitative estimate of drug-likeness (QED) is 0.700. The summed E-state index contributed by atoms with van der Waals surface area (Å²) in [5.74, 6) is 0. The number of carbonyl (C=O) groups excluding carboxylic acids is 1. The van der Waals surface area contributed by atoms with Crippen LogP contribution in [0.5, 0.6) is 0 Å². The third kappa shape index (κ3) is 2.86. The van der Waals surface area contributed by atoms with E-state index in [2.05, 4.69) is 31.2 Å². The highest BCUT2D eigenvalue weighted by molar-refractivity contribution is 5.87. The van der Waals surface area contributed by atoms with E-state index in [1.54, 1.807) is 0 Å². The van der Waals surface area contributed by atoms with Crippen molar-refractivity contribution in [3.05, 3.63) is 59.7 Å². The lowest BCUT2D eigenvalue weighted by molar-refractivity contribution is 0.112. The number of rotatable bonds is 5. The first-order chi connectivity index (χ1) is 8.85. The molecule has 0 atom stereocenters. The van der Waals surface area contributed by atoms with Crippen LogP contribution in [0.1, 0.15) is 35.7 Å². The fourth-order valence-corrected chi connectivity index (χ4v) is 2.09. The second-order valence-corrected chi connectivity index (χ2v) is 4.51. The van der Waals surface area contributed by atoms with Crippen molar-refractivity contribution in [2.24, 2.45) is 0 Å². The highest BCUT2D eigenvalue weighted by Crippen LogP contribution is 2.23. The number of unbranched alkanes of at least 4 members (excludes halogenated alkanes) is 1. The molecule has 0 radical (unpaired) electrons. The summed E-state index contributed by atoms with van der Waals surface area (Å²) in [6.07, 6.45) is 4.49. The van der Waals surface area contributed by atoms with Gasteiger partial charge in [-0.05, 0) is 29.5 Å². The molecule has 2 aromatic rings. The van der Waals surface area contributed by atoms with Crippen LogP contribution in [0.2, 0.25) is 0 Å². The van der Waals surface area contributed by atoms with Crippen LogP contribution in [0.25, 0.3) is 11.1 Å². The average Bonchev–Trinajstić information content (AvgIpc) is 2.45. The third-order valence-electron chi connectivity index (χ3n) is 3.17. The molecule has 1 nitrogen and oxygen atoms in total. The third-order valence-corrected chi connectivity index (χ3v) is 3.17. The first-order valence-electron chi connectivity index (χ1n) is 6.48. The van der Waals surface area contributed by atoms with Crippen LogP contribution in [0, 0.1) is 0 Å². The van der Waals surface area contributed by atoms with Crippen molar-refractivity contribution in [3.63, 3.8) is 0 Å². The number of hydrogen-bond acceptors (Lipinski definition) is 1. The standard InChI is InChI=1S/C17H18O/c1-2-3-6-14-9-11-15(12-10-14)17-8-5-4-7-16(17)13-18/h4-5,7-13H,2-3,6H2,1H3. The number of benzene rings is 2. The van der Waals surface area contributed by atoms with Gasteiger partial charge in [0.25, 0.3) is 0 Å². The minimum absolute atomic E-state index is 0.749. The average molecular weight is 238 g/mol. The summed E-state index contributed by atoms with van der Waals surface area (Å²) in [4.78, 5) is 11.0. The Morgan fingerprint density at radius 1 is 1.00 bits per heavy atom. The second-order valence-electron chi connectivity index (χ2n) is 4.51. The topological polar surface area (TPSA) is 17.1 Å². The first kappa shape index (κ1) is 12.6. The fourth-order valence-electron chi connectivity index (χ4n) is 2.09. The van der Waals surface area contributed by atoms with Crippen LogP contribution in [0.4, 0.5) is 0 Å². The molecule has 0 unspecified atom stereocenters. The summed E-state index contributed by atoms with van der Waals surface area (Å²) in [6, 6.07) is 16.2. The van der Waals surface area contributed by atoms with Gasteiger partial charge >= 0.3 is 0 Å². The maximum Gasteiger partial charge on any atom is 0.150 e. The van der Waals surface area contributed by atoms with E-state index >= 15 is 0 Å². The van der Waals surface area contributed by atoms with Gasteiger partial charge in [-0.2, -0.15) is 0 Å². The Labute approximate surface area is 108 Å². The second kappa shape index (κ2) is 6.15. The Morgan fingerprint density at radius 3 is 2.39 bits per heavy atom. The van der Waals surface area contributed by atoms with E-state index in [1.807, 2.05) is 24.3 Å². The van der Waals surface area contributed by atoms with Crippen LogP contribution in [0.3, 0.4) is 0 Å². The van der Waals surface area contributed by atoms with Gasteiger partial charge in [-0.1, -0.05) is 61.9 Å². The molecule has 0 heterocycles. The van der Waals surface area contributed by atoms with E-state index in [0.29, 0.717) is 0 Å². The molecular formula is C17H18O. The van der Waals surface area contributed by atoms with Gasteiger partial charge in [0.15, 0.2) is 6.29 Å². The van der Waals surface area contributed by atoms with Gasteiger partial charge in [0.05, 0.1) is 0 Å². The van der Waals surface area contributed by atoms with Gasteiger partial charge in [-0.15, -0.1) is 0 Å². The minimum Gasteiger partial charge on any atom is -0.298 e. The van der Waals surface area contributed by atoms with Crippen molar-refractivity contribution in [2.45, 2.75) is 26.2 Å². The molecule has 0 N–H and O–H groups in total. The molecule has 2 aromatic carbocycles. The molecule has 0 aliphatic rings.